The molecule has 0 amide bonds. The predicted molar refractivity (Wildman–Crippen MR) is 125 cm³/mol. The van der Waals surface area contributed by atoms with E-state index in [1.54, 1.807) is 0 Å². The second-order valence-corrected chi connectivity index (χ2v) is 9.02. The van der Waals surface area contributed by atoms with E-state index >= 15 is 0 Å². The molecule has 2 aromatic rings. The molecule has 156 valence electrons. The van der Waals surface area contributed by atoms with Crippen molar-refractivity contribution >= 4 is 26.7 Å². The van der Waals surface area contributed by atoms with E-state index in [0.29, 0.717) is 4.83 Å². The summed E-state index contributed by atoms with van der Waals surface area (Å²) < 4.78 is 12.3. The molecule has 1 unspecified atom stereocenters. The zero-order valence-electron chi connectivity index (χ0n) is 17.9. The lowest BCUT2D eigenvalue weighted by molar-refractivity contribution is 0.302. The summed E-state index contributed by atoms with van der Waals surface area (Å²) in [6, 6.07) is 10.7. The molecule has 2 aromatic carbocycles. The standard InChI is InChI=1S/C25H37BrO2/c1-4-6-7-8-10-17-27-24-15-16-25(23-19-20(3)13-14-22(23)24)28-18-11-9-12-21(26)5-2/h13-16,19,21H,4-12,17-18H2,1-3H3. The summed E-state index contributed by atoms with van der Waals surface area (Å²) in [5.74, 6) is 1.95. The molecule has 2 rings (SSSR count). The van der Waals surface area contributed by atoms with Gasteiger partial charge in [-0.25, -0.2) is 0 Å². The number of benzene rings is 2. The number of hydrogen-bond donors (Lipinski definition) is 0. The van der Waals surface area contributed by atoms with Crippen molar-refractivity contribution in [3.8, 4) is 11.5 Å². The Morgan fingerprint density at radius 2 is 1.43 bits per heavy atom. The predicted octanol–water partition coefficient (Wildman–Crippen LogP) is 8.22. The lowest BCUT2D eigenvalue weighted by Gasteiger charge is -2.14. The van der Waals surface area contributed by atoms with Gasteiger partial charge in [0.25, 0.3) is 0 Å². The number of alkyl halides is 1. The summed E-state index contributed by atoms with van der Waals surface area (Å²) in [6.45, 7) is 8.16. The summed E-state index contributed by atoms with van der Waals surface area (Å²) in [5, 5.41) is 2.32. The maximum absolute atomic E-state index is 6.14. The van der Waals surface area contributed by atoms with E-state index in [1.807, 2.05) is 0 Å². The van der Waals surface area contributed by atoms with Gasteiger partial charge >= 0.3 is 0 Å². The van der Waals surface area contributed by atoms with Gasteiger partial charge in [0.1, 0.15) is 11.5 Å². The van der Waals surface area contributed by atoms with Crippen molar-refractivity contribution in [2.45, 2.75) is 83.4 Å². The molecule has 0 aliphatic heterocycles. The van der Waals surface area contributed by atoms with Gasteiger partial charge in [-0.1, -0.05) is 73.2 Å². The molecule has 0 aromatic heterocycles. The summed E-state index contributed by atoms with van der Waals surface area (Å²) in [5.41, 5.74) is 1.25. The quantitative estimate of drug-likeness (QED) is 0.214. The second-order valence-electron chi connectivity index (χ2n) is 7.72. The van der Waals surface area contributed by atoms with Gasteiger partial charge in [-0.2, -0.15) is 0 Å². The molecule has 0 saturated heterocycles. The first-order valence-electron chi connectivity index (χ1n) is 11.1. The highest BCUT2D eigenvalue weighted by Crippen LogP contribution is 2.34. The summed E-state index contributed by atoms with van der Waals surface area (Å²) >= 11 is 3.71. The van der Waals surface area contributed by atoms with E-state index in [4.69, 9.17) is 9.47 Å². The van der Waals surface area contributed by atoms with Crippen LogP contribution in [-0.2, 0) is 0 Å². The van der Waals surface area contributed by atoms with Crippen LogP contribution >= 0.6 is 15.9 Å². The van der Waals surface area contributed by atoms with Crippen LogP contribution in [0, 0.1) is 6.92 Å². The minimum absolute atomic E-state index is 0.634. The Morgan fingerprint density at radius 3 is 2.11 bits per heavy atom. The maximum Gasteiger partial charge on any atom is 0.127 e. The molecule has 28 heavy (non-hydrogen) atoms. The fourth-order valence-corrected chi connectivity index (χ4v) is 3.73. The second kappa shape index (κ2) is 13.1. The lowest BCUT2D eigenvalue weighted by Crippen LogP contribution is -2.02. The van der Waals surface area contributed by atoms with Crippen LogP contribution in [0.1, 0.15) is 77.2 Å². The van der Waals surface area contributed by atoms with Gasteiger partial charge < -0.3 is 9.47 Å². The van der Waals surface area contributed by atoms with Crippen molar-refractivity contribution in [3.05, 3.63) is 35.9 Å². The number of hydrogen-bond acceptors (Lipinski definition) is 2. The fraction of sp³-hybridized carbons (Fsp3) is 0.600. The topological polar surface area (TPSA) is 18.5 Å². The molecule has 0 spiro atoms. The van der Waals surface area contributed by atoms with E-state index in [-0.39, 0.29) is 0 Å². The molecule has 0 heterocycles. The molecule has 0 radical (unpaired) electrons. The van der Waals surface area contributed by atoms with Crippen molar-refractivity contribution in [1.29, 1.82) is 0 Å². The van der Waals surface area contributed by atoms with Crippen molar-refractivity contribution < 1.29 is 9.47 Å². The van der Waals surface area contributed by atoms with Crippen LogP contribution in [0.2, 0.25) is 0 Å². The molecular weight excluding hydrogens is 412 g/mol. The third-order valence-corrected chi connectivity index (χ3v) is 6.32. The minimum atomic E-state index is 0.634. The smallest absolute Gasteiger partial charge is 0.127 e. The Hall–Kier alpha value is -1.22. The van der Waals surface area contributed by atoms with E-state index in [2.05, 4.69) is 67.0 Å². The fourth-order valence-electron chi connectivity index (χ4n) is 3.40. The Labute approximate surface area is 180 Å². The number of halogens is 1. The highest BCUT2D eigenvalue weighted by Gasteiger charge is 2.09. The van der Waals surface area contributed by atoms with Crippen LogP contribution < -0.4 is 9.47 Å². The third-order valence-electron chi connectivity index (χ3n) is 5.21. The molecule has 1 atom stereocenters. The first-order valence-corrected chi connectivity index (χ1v) is 12.0. The number of fused-ring (bicyclic) bond motifs is 1. The highest BCUT2D eigenvalue weighted by atomic mass is 79.9. The van der Waals surface area contributed by atoms with Gasteiger partial charge in [-0.15, -0.1) is 0 Å². The van der Waals surface area contributed by atoms with Crippen LogP contribution in [-0.4, -0.2) is 18.0 Å². The maximum atomic E-state index is 6.14. The largest absolute Gasteiger partial charge is 0.493 e. The third kappa shape index (κ3) is 7.66. The molecule has 0 N–H and O–H groups in total. The van der Waals surface area contributed by atoms with E-state index in [0.717, 1.165) is 48.3 Å². The first-order chi connectivity index (χ1) is 13.7. The van der Waals surface area contributed by atoms with Gasteiger partial charge in [-0.3, -0.25) is 0 Å². The van der Waals surface area contributed by atoms with E-state index < -0.39 is 0 Å². The SMILES string of the molecule is CCCCCCCOc1ccc(OCCCCC(Br)CC)c2cc(C)ccc12. The number of ether oxygens (including phenoxy) is 2. The van der Waals surface area contributed by atoms with Gasteiger partial charge in [0.05, 0.1) is 13.2 Å². The minimum Gasteiger partial charge on any atom is -0.493 e. The molecule has 0 fully saturated rings. The highest BCUT2D eigenvalue weighted by molar-refractivity contribution is 9.09. The van der Waals surface area contributed by atoms with Crippen molar-refractivity contribution in [3.63, 3.8) is 0 Å². The van der Waals surface area contributed by atoms with E-state index in [9.17, 15) is 0 Å². The average Bonchev–Trinajstić information content (AvgIpc) is 2.70. The molecule has 2 nitrogen and oxygen atoms in total. The van der Waals surface area contributed by atoms with Gasteiger partial charge in [0.15, 0.2) is 0 Å². The van der Waals surface area contributed by atoms with Crippen LogP contribution in [0.4, 0.5) is 0 Å². The number of aryl methyl sites for hydroxylation is 1. The van der Waals surface area contributed by atoms with Crippen molar-refractivity contribution in [2.75, 3.05) is 13.2 Å². The Bertz CT molecular complexity index is 698. The molecule has 3 heteroatoms. The van der Waals surface area contributed by atoms with E-state index in [1.165, 1.54) is 50.5 Å². The molecular formula is C25H37BrO2. The Kier molecular flexibility index (Phi) is 10.8. The zero-order chi connectivity index (χ0) is 20.2. The van der Waals surface area contributed by atoms with Crippen molar-refractivity contribution in [1.82, 2.24) is 0 Å². The monoisotopic (exact) mass is 448 g/mol. The number of unbranched alkanes of at least 4 members (excludes halogenated alkanes) is 5. The molecule has 0 aliphatic rings. The zero-order valence-corrected chi connectivity index (χ0v) is 19.5. The average molecular weight is 449 g/mol. The normalized spacial score (nSPS) is 12.3. The Morgan fingerprint density at radius 1 is 0.786 bits per heavy atom. The molecule has 0 saturated carbocycles. The lowest BCUT2D eigenvalue weighted by atomic mass is 10.1. The van der Waals surface area contributed by atoms with Crippen LogP contribution in [0.5, 0.6) is 11.5 Å². The van der Waals surface area contributed by atoms with Crippen LogP contribution in [0.15, 0.2) is 30.3 Å². The first kappa shape index (κ1) is 23.1. The summed E-state index contributed by atoms with van der Waals surface area (Å²) in [4.78, 5) is 0.634. The van der Waals surface area contributed by atoms with Crippen LogP contribution in [0.3, 0.4) is 0 Å². The number of rotatable bonds is 14. The Balaban J connectivity index is 1.95. The van der Waals surface area contributed by atoms with Gasteiger partial charge in [0, 0.05) is 15.6 Å². The van der Waals surface area contributed by atoms with Crippen molar-refractivity contribution in [2.24, 2.45) is 0 Å². The van der Waals surface area contributed by atoms with Crippen LogP contribution in [0.25, 0.3) is 10.8 Å². The van der Waals surface area contributed by atoms with Gasteiger partial charge in [0.2, 0.25) is 0 Å². The summed E-state index contributed by atoms with van der Waals surface area (Å²) in [6.07, 6.45) is 11.0. The summed E-state index contributed by atoms with van der Waals surface area (Å²) in [7, 11) is 0. The van der Waals surface area contributed by atoms with Gasteiger partial charge in [-0.05, 0) is 57.2 Å². The molecule has 0 aliphatic carbocycles. The molecule has 0 bridgehead atoms.